The van der Waals surface area contributed by atoms with Crippen molar-refractivity contribution >= 4 is 5.97 Å². The highest BCUT2D eigenvalue weighted by atomic mass is 16.5. The van der Waals surface area contributed by atoms with Crippen LogP contribution in [0.5, 0.6) is 0 Å². The first kappa shape index (κ1) is 22.9. The molecular weight excluding hydrogens is 296 g/mol. The highest BCUT2D eigenvalue weighted by Gasteiger charge is 2.04. The number of hydrogen-bond donors (Lipinski definition) is 0. The molecule has 24 heavy (non-hydrogen) atoms. The Bertz CT molecular complexity index is 381. The Morgan fingerprint density at radius 3 is 2.17 bits per heavy atom. The highest BCUT2D eigenvalue weighted by molar-refractivity contribution is 5.83. The van der Waals surface area contributed by atoms with Gasteiger partial charge in [0.15, 0.2) is 0 Å². The number of carbonyl (C=O) groups is 1. The van der Waals surface area contributed by atoms with Crippen molar-refractivity contribution in [2.24, 2.45) is 17.8 Å². The summed E-state index contributed by atoms with van der Waals surface area (Å²) in [6.07, 6.45) is 14.2. The molecule has 0 spiro atoms. The van der Waals surface area contributed by atoms with Gasteiger partial charge in [0.1, 0.15) is 0 Å². The van der Waals surface area contributed by atoms with E-state index in [-0.39, 0.29) is 5.97 Å². The van der Waals surface area contributed by atoms with Gasteiger partial charge in [0, 0.05) is 6.08 Å². The molecule has 0 aliphatic rings. The predicted molar refractivity (Wildman–Crippen MR) is 105 cm³/mol. The van der Waals surface area contributed by atoms with Crippen molar-refractivity contribution < 1.29 is 9.53 Å². The van der Waals surface area contributed by atoms with Gasteiger partial charge in [-0.15, -0.1) is 0 Å². The van der Waals surface area contributed by atoms with Gasteiger partial charge in [-0.1, -0.05) is 78.9 Å². The molecule has 3 unspecified atom stereocenters. The molecule has 0 amide bonds. The first-order chi connectivity index (χ1) is 11.4. The van der Waals surface area contributed by atoms with Gasteiger partial charge in [0.25, 0.3) is 0 Å². The summed E-state index contributed by atoms with van der Waals surface area (Å²) in [6.45, 7) is 13.7. The largest absolute Gasteiger partial charge is 0.463 e. The van der Waals surface area contributed by atoms with Crippen LogP contribution in [0.15, 0.2) is 23.8 Å². The zero-order valence-electron chi connectivity index (χ0n) is 16.9. The summed E-state index contributed by atoms with van der Waals surface area (Å²) >= 11 is 0. The maximum Gasteiger partial charge on any atom is 0.331 e. The summed E-state index contributed by atoms with van der Waals surface area (Å²) in [7, 11) is 0. The van der Waals surface area contributed by atoms with E-state index in [1.807, 2.05) is 13.0 Å². The fourth-order valence-corrected chi connectivity index (χ4v) is 2.46. The minimum atomic E-state index is -0.220. The van der Waals surface area contributed by atoms with Crippen molar-refractivity contribution in [2.45, 2.75) is 86.5 Å². The van der Waals surface area contributed by atoms with Crippen LogP contribution in [0.4, 0.5) is 0 Å². The monoisotopic (exact) mass is 336 g/mol. The molecule has 3 atom stereocenters. The maximum atomic E-state index is 11.7. The van der Waals surface area contributed by atoms with E-state index in [9.17, 15) is 4.79 Å². The molecule has 0 bridgehead atoms. The highest BCUT2D eigenvalue weighted by Crippen LogP contribution is 2.17. The summed E-state index contributed by atoms with van der Waals surface area (Å²) in [5, 5.41) is 0. The lowest BCUT2D eigenvalue weighted by Gasteiger charge is -2.11. The fourth-order valence-electron chi connectivity index (χ4n) is 2.46. The summed E-state index contributed by atoms with van der Waals surface area (Å²) in [5.41, 5.74) is 0.968. The normalized spacial score (nSPS) is 16.2. The summed E-state index contributed by atoms with van der Waals surface area (Å²) < 4.78 is 5.25. The quantitative estimate of drug-likeness (QED) is 0.212. The van der Waals surface area contributed by atoms with Crippen molar-refractivity contribution in [2.75, 3.05) is 6.61 Å². The van der Waals surface area contributed by atoms with Crippen LogP contribution in [0.2, 0.25) is 0 Å². The van der Waals surface area contributed by atoms with Gasteiger partial charge < -0.3 is 4.74 Å². The standard InChI is InChI=1S/C22H40O2/c1-7-18(3)11-9-12-20(5)13-10-14-21(6)17-22(23)24-16-15-19(4)8-2/h10,14,17-20H,7-9,11-13,15-16H2,1-6H3. The lowest BCUT2D eigenvalue weighted by molar-refractivity contribution is -0.138. The maximum absolute atomic E-state index is 11.7. The van der Waals surface area contributed by atoms with Crippen LogP contribution >= 0.6 is 0 Å². The van der Waals surface area contributed by atoms with E-state index in [2.05, 4.69) is 40.7 Å². The average Bonchev–Trinajstić information content (AvgIpc) is 2.54. The van der Waals surface area contributed by atoms with Gasteiger partial charge in [-0.25, -0.2) is 4.79 Å². The average molecular weight is 337 g/mol. The van der Waals surface area contributed by atoms with E-state index in [4.69, 9.17) is 4.74 Å². The minimum absolute atomic E-state index is 0.220. The third-order valence-corrected chi connectivity index (χ3v) is 4.91. The first-order valence-electron chi connectivity index (χ1n) is 9.90. The minimum Gasteiger partial charge on any atom is -0.463 e. The molecule has 0 N–H and O–H groups in total. The summed E-state index contributed by atoms with van der Waals surface area (Å²) in [6, 6.07) is 0. The second kappa shape index (κ2) is 14.3. The van der Waals surface area contributed by atoms with Crippen LogP contribution in [0.1, 0.15) is 86.5 Å². The number of rotatable bonds is 13. The van der Waals surface area contributed by atoms with Gasteiger partial charge in [0.2, 0.25) is 0 Å². The molecule has 0 radical (unpaired) electrons. The molecule has 0 rings (SSSR count). The lowest BCUT2D eigenvalue weighted by atomic mass is 9.95. The predicted octanol–water partition coefficient (Wildman–Crippen LogP) is 6.71. The molecule has 2 nitrogen and oxygen atoms in total. The molecule has 0 aromatic carbocycles. The third-order valence-electron chi connectivity index (χ3n) is 4.91. The van der Waals surface area contributed by atoms with E-state index in [0.29, 0.717) is 18.4 Å². The first-order valence-corrected chi connectivity index (χ1v) is 9.90. The SMILES string of the molecule is CCC(C)CCCC(C)CC=CC(C)=CC(=O)OCCC(C)CC. The van der Waals surface area contributed by atoms with Gasteiger partial charge in [-0.2, -0.15) is 0 Å². The third kappa shape index (κ3) is 13.4. The van der Waals surface area contributed by atoms with Crippen LogP contribution in [0.3, 0.4) is 0 Å². The topological polar surface area (TPSA) is 26.3 Å². The Labute approximate surface area is 150 Å². The van der Waals surface area contributed by atoms with Crippen LogP contribution < -0.4 is 0 Å². The van der Waals surface area contributed by atoms with Crippen LogP contribution in [0, 0.1) is 17.8 Å². The van der Waals surface area contributed by atoms with Gasteiger partial charge in [-0.05, 0) is 43.1 Å². The Hall–Kier alpha value is -1.05. The Morgan fingerprint density at radius 1 is 0.958 bits per heavy atom. The van der Waals surface area contributed by atoms with Crippen molar-refractivity contribution in [3.05, 3.63) is 23.8 Å². The molecule has 0 heterocycles. The second-order valence-electron chi connectivity index (χ2n) is 7.55. The number of ether oxygens (including phenoxy) is 1. The molecule has 0 saturated heterocycles. The smallest absolute Gasteiger partial charge is 0.331 e. The fraction of sp³-hybridized carbons (Fsp3) is 0.773. The Kier molecular flexibility index (Phi) is 13.7. The van der Waals surface area contributed by atoms with Crippen LogP contribution in [0.25, 0.3) is 0 Å². The molecule has 0 aromatic rings. The van der Waals surface area contributed by atoms with Crippen LogP contribution in [-0.2, 0) is 9.53 Å². The molecule has 0 saturated carbocycles. The van der Waals surface area contributed by atoms with Crippen molar-refractivity contribution in [3.63, 3.8) is 0 Å². The summed E-state index contributed by atoms with van der Waals surface area (Å²) in [4.78, 5) is 11.7. The van der Waals surface area contributed by atoms with Crippen molar-refractivity contribution in [3.8, 4) is 0 Å². The molecule has 140 valence electrons. The number of hydrogen-bond acceptors (Lipinski definition) is 2. The number of carbonyl (C=O) groups excluding carboxylic acids is 1. The van der Waals surface area contributed by atoms with Crippen molar-refractivity contribution in [1.82, 2.24) is 0 Å². The second-order valence-corrected chi connectivity index (χ2v) is 7.55. The number of allylic oxidation sites excluding steroid dienone is 3. The molecule has 0 aromatic heterocycles. The van der Waals surface area contributed by atoms with E-state index in [1.54, 1.807) is 6.08 Å². The zero-order chi connectivity index (χ0) is 18.4. The molecule has 0 aliphatic heterocycles. The van der Waals surface area contributed by atoms with E-state index in [0.717, 1.165) is 30.8 Å². The molecule has 2 heteroatoms. The van der Waals surface area contributed by atoms with Gasteiger partial charge in [-0.3, -0.25) is 0 Å². The number of esters is 1. The van der Waals surface area contributed by atoms with E-state index >= 15 is 0 Å². The molecular formula is C22H40O2. The Morgan fingerprint density at radius 2 is 1.54 bits per heavy atom. The lowest BCUT2D eigenvalue weighted by Crippen LogP contribution is -2.06. The van der Waals surface area contributed by atoms with E-state index < -0.39 is 0 Å². The van der Waals surface area contributed by atoms with Gasteiger partial charge >= 0.3 is 5.97 Å². The van der Waals surface area contributed by atoms with Gasteiger partial charge in [0.05, 0.1) is 6.61 Å². The van der Waals surface area contributed by atoms with E-state index in [1.165, 1.54) is 25.7 Å². The zero-order valence-corrected chi connectivity index (χ0v) is 16.9. The van der Waals surface area contributed by atoms with Crippen LogP contribution in [-0.4, -0.2) is 12.6 Å². The molecule has 0 aliphatic carbocycles. The van der Waals surface area contributed by atoms with Crippen molar-refractivity contribution in [1.29, 1.82) is 0 Å². The molecule has 0 fully saturated rings. The summed E-state index contributed by atoms with van der Waals surface area (Å²) in [5.74, 6) is 1.96. The Balaban J connectivity index is 3.96.